The lowest BCUT2D eigenvalue weighted by Crippen LogP contribution is -2.55. The summed E-state index contributed by atoms with van der Waals surface area (Å²) in [6, 6.07) is -0.0844. The van der Waals surface area contributed by atoms with Gasteiger partial charge in [0.2, 0.25) is 0 Å². The van der Waals surface area contributed by atoms with Gasteiger partial charge in [-0.15, -0.1) is 0 Å². The summed E-state index contributed by atoms with van der Waals surface area (Å²) in [6.07, 6.45) is 3.59. The molecule has 0 aromatic heterocycles. The maximum atomic E-state index is 12.0. The Hall–Kier alpha value is -1.26. The summed E-state index contributed by atoms with van der Waals surface area (Å²) in [5.41, 5.74) is 0.298. The third kappa shape index (κ3) is 2.50. The Morgan fingerprint density at radius 2 is 2.00 bits per heavy atom. The van der Waals surface area contributed by atoms with Gasteiger partial charge in [-0.2, -0.15) is 0 Å². The Morgan fingerprint density at radius 1 is 1.35 bits per heavy atom. The molecule has 5 nitrogen and oxygen atoms in total. The van der Waals surface area contributed by atoms with Crippen LogP contribution in [-0.2, 0) is 4.79 Å². The van der Waals surface area contributed by atoms with Crippen molar-refractivity contribution in [1.29, 1.82) is 0 Å². The lowest BCUT2D eigenvalue weighted by molar-refractivity contribution is -0.140. The Balaban J connectivity index is 1.93. The van der Waals surface area contributed by atoms with Crippen LogP contribution in [0, 0.1) is 22.7 Å². The minimum atomic E-state index is -0.891. The van der Waals surface area contributed by atoms with Crippen LogP contribution in [0.15, 0.2) is 0 Å². The highest BCUT2D eigenvalue weighted by atomic mass is 16.4. The molecule has 3 N–H and O–H groups in total. The Labute approximate surface area is 120 Å². The second kappa shape index (κ2) is 4.93. The number of hydrogen-bond acceptors (Lipinski definition) is 2. The van der Waals surface area contributed by atoms with E-state index in [-0.39, 0.29) is 29.4 Å². The zero-order valence-corrected chi connectivity index (χ0v) is 12.8. The summed E-state index contributed by atoms with van der Waals surface area (Å²) in [5, 5.41) is 14.6. The molecule has 2 aliphatic carbocycles. The number of fused-ring (bicyclic) bond motifs is 2. The van der Waals surface area contributed by atoms with Gasteiger partial charge in [-0.05, 0) is 36.0 Å². The SMILES string of the molecule is CC(CNC(=O)NC1C2(C)CCC(C2)C1(C)C)C(=O)O. The average Bonchev–Trinajstić information content (AvgIpc) is 2.82. The molecule has 4 atom stereocenters. The molecule has 2 fully saturated rings. The van der Waals surface area contributed by atoms with Crippen molar-refractivity contribution < 1.29 is 14.7 Å². The number of carboxylic acid groups (broad SMARTS) is 1. The summed E-state index contributed by atoms with van der Waals surface area (Å²) in [4.78, 5) is 22.8. The van der Waals surface area contributed by atoms with Crippen molar-refractivity contribution in [3.05, 3.63) is 0 Å². The number of carboxylic acids is 1. The highest BCUT2D eigenvalue weighted by Gasteiger charge is 2.59. The predicted octanol–water partition coefficient (Wildman–Crippen LogP) is 2.22. The standard InChI is InChI=1S/C15H26N2O3/c1-9(11(18)19)8-16-13(20)17-12-14(2,3)10-5-6-15(12,4)7-10/h9-10,12H,5-8H2,1-4H3,(H,18,19)(H2,16,17,20). The smallest absolute Gasteiger partial charge is 0.315 e. The van der Waals surface area contributed by atoms with Gasteiger partial charge in [-0.25, -0.2) is 4.79 Å². The van der Waals surface area contributed by atoms with Crippen molar-refractivity contribution in [2.45, 2.75) is 53.0 Å². The summed E-state index contributed by atoms with van der Waals surface area (Å²) >= 11 is 0. The third-order valence-corrected chi connectivity index (χ3v) is 5.54. The van der Waals surface area contributed by atoms with E-state index in [1.165, 1.54) is 12.8 Å². The minimum absolute atomic E-state index is 0.114. The molecule has 2 saturated carbocycles. The number of amides is 2. The first kappa shape index (κ1) is 15.1. The van der Waals surface area contributed by atoms with Crippen molar-refractivity contribution in [1.82, 2.24) is 10.6 Å². The van der Waals surface area contributed by atoms with E-state index in [1.807, 2.05) is 0 Å². The van der Waals surface area contributed by atoms with Crippen LogP contribution in [0.4, 0.5) is 4.79 Å². The number of nitrogens with one attached hydrogen (secondary N) is 2. The van der Waals surface area contributed by atoms with Crippen molar-refractivity contribution in [2.75, 3.05) is 6.54 Å². The van der Waals surface area contributed by atoms with E-state index in [1.54, 1.807) is 6.92 Å². The summed E-state index contributed by atoms with van der Waals surface area (Å²) < 4.78 is 0. The summed E-state index contributed by atoms with van der Waals surface area (Å²) in [6.45, 7) is 8.46. The number of hydrogen-bond donors (Lipinski definition) is 3. The van der Waals surface area contributed by atoms with Gasteiger partial charge in [0.05, 0.1) is 5.92 Å². The second-order valence-corrected chi connectivity index (χ2v) is 7.44. The minimum Gasteiger partial charge on any atom is -0.481 e. The zero-order chi connectivity index (χ0) is 15.1. The van der Waals surface area contributed by atoms with Gasteiger partial charge in [0.25, 0.3) is 0 Å². The predicted molar refractivity (Wildman–Crippen MR) is 76.4 cm³/mol. The third-order valence-electron chi connectivity index (χ3n) is 5.54. The Bertz CT molecular complexity index is 417. The molecule has 0 radical (unpaired) electrons. The molecule has 5 heteroatoms. The molecule has 20 heavy (non-hydrogen) atoms. The number of carbonyl (C=O) groups is 2. The van der Waals surface area contributed by atoms with E-state index in [0.29, 0.717) is 5.92 Å². The maximum Gasteiger partial charge on any atom is 0.315 e. The Morgan fingerprint density at radius 3 is 2.50 bits per heavy atom. The average molecular weight is 282 g/mol. The van der Waals surface area contributed by atoms with Crippen LogP contribution in [0.3, 0.4) is 0 Å². The number of rotatable bonds is 4. The monoisotopic (exact) mass is 282 g/mol. The van der Waals surface area contributed by atoms with E-state index < -0.39 is 11.9 Å². The number of carbonyl (C=O) groups excluding carboxylic acids is 1. The first-order valence-corrected chi connectivity index (χ1v) is 7.44. The van der Waals surface area contributed by atoms with Crippen LogP contribution in [-0.4, -0.2) is 29.7 Å². The van der Waals surface area contributed by atoms with Crippen molar-refractivity contribution in [3.63, 3.8) is 0 Å². The molecule has 4 unspecified atom stereocenters. The topological polar surface area (TPSA) is 78.4 Å². The molecule has 2 bridgehead atoms. The van der Waals surface area contributed by atoms with Gasteiger partial charge < -0.3 is 15.7 Å². The van der Waals surface area contributed by atoms with Gasteiger partial charge in [0.1, 0.15) is 0 Å². The van der Waals surface area contributed by atoms with Gasteiger partial charge in [-0.3, -0.25) is 4.79 Å². The normalized spacial score (nSPS) is 35.6. The molecule has 0 aromatic carbocycles. The highest BCUT2D eigenvalue weighted by Crippen LogP contribution is 2.62. The van der Waals surface area contributed by atoms with Crippen LogP contribution in [0.2, 0.25) is 0 Å². The van der Waals surface area contributed by atoms with Crippen molar-refractivity contribution >= 4 is 12.0 Å². The van der Waals surface area contributed by atoms with E-state index in [0.717, 1.165) is 6.42 Å². The molecule has 0 saturated heterocycles. The van der Waals surface area contributed by atoms with Crippen molar-refractivity contribution in [2.24, 2.45) is 22.7 Å². The number of aliphatic carboxylic acids is 1. The number of urea groups is 1. The largest absolute Gasteiger partial charge is 0.481 e. The lowest BCUT2D eigenvalue weighted by Gasteiger charge is -2.43. The van der Waals surface area contributed by atoms with Crippen LogP contribution >= 0.6 is 0 Å². The van der Waals surface area contributed by atoms with E-state index in [9.17, 15) is 9.59 Å². The molecule has 2 rings (SSSR count). The summed E-state index contributed by atoms with van der Waals surface area (Å²) in [7, 11) is 0. The zero-order valence-electron chi connectivity index (χ0n) is 12.8. The fourth-order valence-corrected chi connectivity index (χ4v) is 4.18. The quantitative estimate of drug-likeness (QED) is 0.740. The lowest BCUT2D eigenvalue weighted by atomic mass is 9.68. The summed E-state index contributed by atoms with van der Waals surface area (Å²) in [5.74, 6) is -0.780. The molecular formula is C15H26N2O3. The van der Waals surface area contributed by atoms with Gasteiger partial charge in [0, 0.05) is 12.6 Å². The Kier molecular flexibility index (Phi) is 3.73. The molecule has 0 aromatic rings. The highest BCUT2D eigenvalue weighted by molar-refractivity contribution is 5.76. The maximum absolute atomic E-state index is 12.0. The fourth-order valence-electron chi connectivity index (χ4n) is 4.18. The van der Waals surface area contributed by atoms with Crippen LogP contribution < -0.4 is 10.6 Å². The van der Waals surface area contributed by atoms with E-state index >= 15 is 0 Å². The van der Waals surface area contributed by atoms with Gasteiger partial charge in [0.15, 0.2) is 0 Å². The van der Waals surface area contributed by atoms with Crippen LogP contribution in [0.5, 0.6) is 0 Å². The van der Waals surface area contributed by atoms with E-state index in [4.69, 9.17) is 5.11 Å². The van der Waals surface area contributed by atoms with Crippen LogP contribution in [0.1, 0.15) is 47.0 Å². The first-order valence-electron chi connectivity index (χ1n) is 7.44. The fraction of sp³-hybridized carbons (Fsp3) is 0.867. The van der Waals surface area contributed by atoms with Crippen molar-refractivity contribution in [3.8, 4) is 0 Å². The molecule has 2 aliphatic rings. The molecule has 0 aliphatic heterocycles. The molecular weight excluding hydrogens is 256 g/mol. The molecule has 0 heterocycles. The second-order valence-electron chi connectivity index (χ2n) is 7.44. The van der Waals surface area contributed by atoms with E-state index in [2.05, 4.69) is 31.4 Å². The molecule has 0 spiro atoms. The first-order chi connectivity index (χ1) is 9.17. The van der Waals surface area contributed by atoms with Gasteiger partial charge >= 0.3 is 12.0 Å². The van der Waals surface area contributed by atoms with Crippen LogP contribution in [0.25, 0.3) is 0 Å². The van der Waals surface area contributed by atoms with Gasteiger partial charge in [-0.1, -0.05) is 27.7 Å². The molecule has 2 amide bonds. The molecule has 114 valence electrons.